The molecule has 2 saturated heterocycles. The summed E-state index contributed by atoms with van der Waals surface area (Å²) in [5.41, 5.74) is 11.0. The van der Waals surface area contributed by atoms with E-state index in [0.29, 0.717) is 29.4 Å². The van der Waals surface area contributed by atoms with Gasteiger partial charge >= 0.3 is 17.9 Å². The van der Waals surface area contributed by atoms with Gasteiger partial charge in [-0.25, -0.2) is 0 Å². The molecule has 0 bridgehead atoms. The van der Waals surface area contributed by atoms with Crippen LogP contribution in [0.3, 0.4) is 0 Å². The highest BCUT2D eigenvalue weighted by atomic mass is 32.2. The number of nitrogens with two attached hydrogens (primary N) is 2. The van der Waals surface area contributed by atoms with Crippen molar-refractivity contribution in [3.8, 4) is 0 Å². The molecule has 25 heteroatoms. The van der Waals surface area contributed by atoms with E-state index in [2.05, 4.69) is 20.9 Å². The smallest absolute Gasteiger partial charge is 0.317 e. The number of aliphatic carboxylic acids is 3. The Morgan fingerprint density at radius 1 is 0.681 bits per heavy atom. The van der Waals surface area contributed by atoms with Gasteiger partial charge in [0.1, 0.15) is 17.6 Å². The SMILES string of the molecule is CC[C@H](C)[C@H](NC(=O)[C@H](CC(C)C)NC(=O)C1(NC(=O)CCSCc2cccc(CSCCC(N)=O)n2)CCN(C(=O)CN2CCN(CC(=O)O)CCN(CC(=O)O)CCN(CC(=O)O)CC2)CC1)C(N)=O. The van der Waals surface area contributed by atoms with Crippen LogP contribution in [-0.2, 0) is 54.7 Å². The number of primary amides is 2. The van der Waals surface area contributed by atoms with Crippen molar-refractivity contribution in [1.82, 2.24) is 45.4 Å². The van der Waals surface area contributed by atoms with Crippen LogP contribution in [0.5, 0.6) is 0 Å². The van der Waals surface area contributed by atoms with E-state index in [1.54, 1.807) is 38.3 Å². The molecule has 6 amide bonds. The zero-order valence-corrected chi connectivity index (χ0v) is 43.8. The number of carboxylic acids is 3. The Kier molecular flexibility index (Phi) is 26.8. The third-order valence-corrected chi connectivity index (χ3v) is 14.6. The molecule has 0 aromatic carbocycles. The van der Waals surface area contributed by atoms with Crippen molar-refractivity contribution >= 4 is 76.9 Å². The molecular formula is C47H77N11O12S2. The molecule has 0 unspecified atom stereocenters. The average molecular weight is 1050 g/mol. The molecule has 404 valence electrons. The Morgan fingerprint density at radius 3 is 1.56 bits per heavy atom. The zero-order chi connectivity index (χ0) is 53.4. The van der Waals surface area contributed by atoms with Gasteiger partial charge in [0.25, 0.3) is 0 Å². The van der Waals surface area contributed by atoms with Crippen molar-refractivity contribution in [2.24, 2.45) is 23.3 Å². The first kappa shape index (κ1) is 61.2. The van der Waals surface area contributed by atoms with Gasteiger partial charge in [0.05, 0.1) is 37.6 Å². The predicted octanol–water partition coefficient (Wildman–Crippen LogP) is -0.687. The second-order valence-electron chi connectivity index (χ2n) is 18.9. The number of aromatic nitrogens is 1. The van der Waals surface area contributed by atoms with Crippen molar-refractivity contribution < 1.29 is 58.5 Å². The number of pyridine rings is 1. The van der Waals surface area contributed by atoms with E-state index in [-0.39, 0.29) is 147 Å². The van der Waals surface area contributed by atoms with Crippen LogP contribution < -0.4 is 27.4 Å². The molecule has 3 atom stereocenters. The fraction of sp³-hybridized carbons (Fsp3) is 0.702. The number of piperidine rings is 1. The van der Waals surface area contributed by atoms with Gasteiger partial charge in [-0.05, 0) is 43.2 Å². The number of carboxylic acid groups (broad SMARTS) is 3. The number of rotatable bonds is 28. The maximum atomic E-state index is 14.6. The van der Waals surface area contributed by atoms with E-state index in [1.807, 2.05) is 43.9 Å². The lowest BCUT2D eigenvalue weighted by molar-refractivity contribution is -0.142. The number of nitrogens with zero attached hydrogens (tertiary/aromatic N) is 6. The number of likely N-dealkylation sites (tertiary alicyclic amines) is 1. The van der Waals surface area contributed by atoms with Crippen LogP contribution in [0.15, 0.2) is 18.2 Å². The lowest BCUT2D eigenvalue weighted by atomic mass is 9.85. The predicted molar refractivity (Wildman–Crippen MR) is 272 cm³/mol. The first-order chi connectivity index (χ1) is 34.1. The Labute approximate surface area is 430 Å². The summed E-state index contributed by atoms with van der Waals surface area (Å²) in [5, 5.41) is 37.4. The molecule has 23 nitrogen and oxygen atoms in total. The van der Waals surface area contributed by atoms with Crippen molar-refractivity contribution in [3.05, 3.63) is 29.6 Å². The quantitative estimate of drug-likeness (QED) is 0.0482. The van der Waals surface area contributed by atoms with E-state index in [0.717, 1.165) is 11.4 Å². The molecule has 0 radical (unpaired) electrons. The maximum Gasteiger partial charge on any atom is 0.317 e. The van der Waals surface area contributed by atoms with Crippen LogP contribution in [0.25, 0.3) is 0 Å². The van der Waals surface area contributed by atoms with E-state index in [1.165, 1.54) is 11.8 Å². The van der Waals surface area contributed by atoms with Gasteiger partial charge in [-0.3, -0.25) is 67.7 Å². The second kappa shape index (κ2) is 31.5. The molecular weight excluding hydrogens is 975 g/mol. The van der Waals surface area contributed by atoms with Crippen LogP contribution in [0.4, 0.5) is 0 Å². The number of carbonyl (C=O) groups excluding carboxylic acids is 6. The fourth-order valence-corrected chi connectivity index (χ4v) is 10.0. The first-order valence-electron chi connectivity index (χ1n) is 24.5. The van der Waals surface area contributed by atoms with Crippen LogP contribution >= 0.6 is 23.5 Å². The first-order valence-corrected chi connectivity index (χ1v) is 26.8. The lowest BCUT2D eigenvalue weighted by Gasteiger charge is -2.42. The zero-order valence-electron chi connectivity index (χ0n) is 42.2. The van der Waals surface area contributed by atoms with Crippen molar-refractivity contribution in [2.45, 2.75) is 95.3 Å². The number of amides is 6. The standard InChI is InChI=1S/C47H77N11O12S2/c1-5-33(4)43(44(49)68)52-45(69)36(25-32(2)3)51-46(70)47(53-38(60)10-24-72-31-35-8-6-7-34(50-35)30-71-23-9-37(48)59)11-13-58(14-12-47)39(61)26-54-15-17-55(27-40(62)63)19-21-57(29-42(66)67)22-20-56(18-16-54)28-41(64)65/h6-8,32-33,36,43H,5,9-31H2,1-4H3,(H2,48,59)(H2,49,68)(H,51,70)(H,52,69)(H,53,60)(H,62,63)(H,64,65)(H,66,67)/t33-,36-,43-/m0/s1. The minimum atomic E-state index is -1.54. The number of nitrogens with one attached hydrogen (secondary N) is 3. The summed E-state index contributed by atoms with van der Waals surface area (Å²) in [5.74, 6) is -4.46. The number of hydrogen-bond donors (Lipinski definition) is 8. The summed E-state index contributed by atoms with van der Waals surface area (Å²) >= 11 is 3.04. The summed E-state index contributed by atoms with van der Waals surface area (Å²) in [6, 6.07) is 3.61. The van der Waals surface area contributed by atoms with Crippen LogP contribution in [-0.4, -0.2) is 219 Å². The summed E-state index contributed by atoms with van der Waals surface area (Å²) < 4.78 is 0. The third-order valence-electron chi connectivity index (χ3n) is 12.6. The molecule has 2 aliphatic rings. The van der Waals surface area contributed by atoms with Gasteiger partial charge in [0, 0.05) is 101 Å². The molecule has 0 spiro atoms. The largest absolute Gasteiger partial charge is 0.480 e. The minimum absolute atomic E-state index is 0.00393. The molecule has 0 saturated carbocycles. The maximum absolute atomic E-state index is 14.6. The number of carbonyl (C=O) groups is 9. The highest BCUT2D eigenvalue weighted by Gasteiger charge is 2.45. The summed E-state index contributed by atoms with van der Waals surface area (Å²) in [7, 11) is 0. The van der Waals surface area contributed by atoms with Gasteiger partial charge in [-0.15, -0.1) is 0 Å². The van der Waals surface area contributed by atoms with Crippen molar-refractivity contribution in [2.75, 3.05) is 103 Å². The molecule has 3 heterocycles. The average Bonchev–Trinajstić information content (AvgIpc) is 3.30. The Balaban J connectivity index is 1.81. The summed E-state index contributed by atoms with van der Waals surface area (Å²) in [6.45, 7) is 8.25. The third kappa shape index (κ3) is 22.8. The Hall–Kier alpha value is -5.08. The Morgan fingerprint density at radius 2 is 1.14 bits per heavy atom. The van der Waals surface area contributed by atoms with Crippen molar-refractivity contribution in [1.29, 1.82) is 0 Å². The van der Waals surface area contributed by atoms with Gasteiger partial charge in [-0.1, -0.05) is 40.2 Å². The van der Waals surface area contributed by atoms with Crippen LogP contribution in [0.1, 0.15) is 77.6 Å². The minimum Gasteiger partial charge on any atom is -0.480 e. The van der Waals surface area contributed by atoms with Gasteiger partial charge in [0.15, 0.2) is 0 Å². The summed E-state index contributed by atoms with van der Waals surface area (Å²) in [6.07, 6.45) is 1.08. The molecule has 10 N–H and O–H groups in total. The summed E-state index contributed by atoms with van der Waals surface area (Å²) in [4.78, 5) is 128. The van der Waals surface area contributed by atoms with E-state index < -0.39 is 59.2 Å². The topological polar surface area (TPSA) is 332 Å². The van der Waals surface area contributed by atoms with E-state index >= 15 is 0 Å². The molecule has 2 fully saturated rings. The fourth-order valence-electron chi connectivity index (χ4n) is 8.32. The molecule has 3 rings (SSSR count). The van der Waals surface area contributed by atoms with Crippen LogP contribution in [0.2, 0.25) is 0 Å². The number of hydrogen-bond acceptors (Lipinski definition) is 16. The molecule has 72 heavy (non-hydrogen) atoms. The van der Waals surface area contributed by atoms with Crippen molar-refractivity contribution in [3.63, 3.8) is 0 Å². The highest BCUT2D eigenvalue weighted by Crippen LogP contribution is 2.25. The normalized spacial score (nSPS) is 17.9. The number of thioether (sulfide) groups is 2. The molecule has 1 aromatic heterocycles. The molecule has 0 aliphatic carbocycles. The molecule has 1 aromatic rings. The highest BCUT2D eigenvalue weighted by molar-refractivity contribution is 7.98. The van der Waals surface area contributed by atoms with Crippen LogP contribution in [0, 0.1) is 11.8 Å². The van der Waals surface area contributed by atoms with Gasteiger partial charge < -0.3 is 47.6 Å². The van der Waals surface area contributed by atoms with E-state index in [9.17, 15) is 58.5 Å². The van der Waals surface area contributed by atoms with Gasteiger partial charge in [0.2, 0.25) is 35.4 Å². The molecule has 2 aliphatic heterocycles. The monoisotopic (exact) mass is 1050 g/mol. The lowest BCUT2D eigenvalue weighted by Crippen LogP contribution is -2.66. The Bertz CT molecular complexity index is 1960. The van der Waals surface area contributed by atoms with Gasteiger partial charge in [-0.2, -0.15) is 23.5 Å². The second-order valence-corrected chi connectivity index (χ2v) is 21.1. The van der Waals surface area contributed by atoms with E-state index in [4.69, 9.17) is 11.5 Å².